The summed E-state index contributed by atoms with van der Waals surface area (Å²) < 4.78 is 1.64. The molecule has 0 amide bonds. The highest BCUT2D eigenvalue weighted by atomic mass is 16.4. The molecule has 17 heavy (non-hydrogen) atoms. The van der Waals surface area contributed by atoms with Crippen LogP contribution in [-0.2, 0) is 6.54 Å². The van der Waals surface area contributed by atoms with Gasteiger partial charge in [0.05, 0.1) is 0 Å². The molecule has 2 aromatic rings. The molecule has 88 valence electrons. The van der Waals surface area contributed by atoms with Crippen LogP contribution in [-0.4, -0.2) is 20.9 Å². The first-order chi connectivity index (χ1) is 8.11. The van der Waals surface area contributed by atoms with E-state index >= 15 is 0 Å². The second-order valence-electron chi connectivity index (χ2n) is 3.92. The molecular formula is C13H14N2O2. The Morgan fingerprint density at radius 1 is 1.47 bits per heavy atom. The molecule has 0 saturated carbocycles. The number of hydrogen-bond donors (Lipinski definition) is 1. The first kappa shape index (κ1) is 11.4. The molecule has 0 bridgehead atoms. The normalized spacial score (nSPS) is 10.5. The van der Waals surface area contributed by atoms with Gasteiger partial charge < -0.3 is 5.11 Å². The Hall–Kier alpha value is -2.10. The van der Waals surface area contributed by atoms with E-state index in [1.165, 1.54) is 0 Å². The first-order valence-corrected chi connectivity index (χ1v) is 5.49. The fraction of sp³-hybridized carbons (Fsp3) is 0.231. The first-order valence-electron chi connectivity index (χ1n) is 5.49. The molecule has 0 unspecified atom stereocenters. The van der Waals surface area contributed by atoms with Gasteiger partial charge in [-0.2, -0.15) is 5.10 Å². The second-order valence-corrected chi connectivity index (χ2v) is 3.92. The molecule has 0 aliphatic rings. The van der Waals surface area contributed by atoms with Crippen molar-refractivity contribution in [3.8, 4) is 11.3 Å². The van der Waals surface area contributed by atoms with Crippen LogP contribution in [0.3, 0.4) is 0 Å². The number of carboxylic acids is 1. The van der Waals surface area contributed by atoms with Crippen LogP contribution in [0.15, 0.2) is 30.5 Å². The summed E-state index contributed by atoms with van der Waals surface area (Å²) in [6.45, 7) is 4.56. The zero-order valence-electron chi connectivity index (χ0n) is 9.84. The van der Waals surface area contributed by atoms with E-state index in [1.54, 1.807) is 10.9 Å². The van der Waals surface area contributed by atoms with Crippen molar-refractivity contribution in [2.45, 2.75) is 20.4 Å². The number of nitrogens with zero attached hydrogens (tertiary/aromatic N) is 2. The largest absolute Gasteiger partial charge is 0.478 e. The van der Waals surface area contributed by atoms with Crippen molar-refractivity contribution in [1.29, 1.82) is 0 Å². The Balaban J connectivity index is 2.57. The predicted octanol–water partition coefficient (Wildman–Crippen LogP) is 2.58. The summed E-state index contributed by atoms with van der Waals surface area (Å²) in [6.07, 6.45) is 1.57. The second kappa shape index (κ2) is 4.41. The molecule has 0 atom stereocenters. The number of carboxylic acid groups (broad SMARTS) is 1. The summed E-state index contributed by atoms with van der Waals surface area (Å²) in [6, 6.07) is 7.69. The van der Waals surface area contributed by atoms with Gasteiger partial charge in [0.1, 0.15) is 11.3 Å². The van der Waals surface area contributed by atoms with E-state index in [2.05, 4.69) is 5.10 Å². The fourth-order valence-electron chi connectivity index (χ4n) is 1.75. The summed E-state index contributed by atoms with van der Waals surface area (Å²) in [5.74, 6) is -0.943. The average molecular weight is 230 g/mol. The highest BCUT2D eigenvalue weighted by Crippen LogP contribution is 2.23. The minimum absolute atomic E-state index is 0.248. The van der Waals surface area contributed by atoms with Gasteiger partial charge in [0.25, 0.3) is 0 Å². The van der Waals surface area contributed by atoms with Gasteiger partial charge in [-0.1, -0.05) is 23.8 Å². The minimum Gasteiger partial charge on any atom is -0.478 e. The molecule has 4 heteroatoms. The maximum absolute atomic E-state index is 11.2. The molecule has 1 aromatic heterocycles. The SMILES string of the molecule is CCn1cc(C(=O)O)c(-c2cccc(C)c2)n1. The Labute approximate surface area is 99.5 Å². The van der Waals surface area contributed by atoms with Gasteiger partial charge in [0.15, 0.2) is 0 Å². The molecule has 4 nitrogen and oxygen atoms in total. The van der Waals surface area contributed by atoms with Gasteiger partial charge in [-0.15, -0.1) is 0 Å². The van der Waals surface area contributed by atoms with Gasteiger partial charge in [0, 0.05) is 18.3 Å². The van der Waals surface area contributed by atoms with E-state index in [1.807, 2.05) is 38.1 Å². The quantitative estimate of drug-likeness (QED) is 0.881. The lowest BCUT2D eigenvalue weighted by Gasteiger charge is -2.00. The van der Waals surface area contributed by atoms with Crippen molar-refractivity contribution >= 4 is 5.97 Å². The number of aryl methyl sites for hydroxylation is 2. The number of hydrogen-bond acceptors (Lipinski definition) is 2. The van der Waals surface area contributed by atoms with Gasteiger partial charge in [-0.25, -0.2) is 4.79 Å². The molecule has 0 fully saturated rings. The maximum atomic E-state index is 11.2. The molecule has 0 saturated heterocycles. The van der Waals surface area contributed by atoms with Crippen LogP contribution < -0.4 is 0 Å². The van der Waals surface area contributed by atoms with Crippen LogP contribution in [0.2, 0.25) is 0 Å². The van der Waals surface area contributed by atoms with Gasteiger partial charge in [-0.05, 0) is 19.9 Å². The van der Waals surface area contributed by atoms with Crippen LogP contribution in [0.5, 0.6) is 0 Å². The predicted molar refractivity (Wildman–Crippen MR) is 65.0 cm³/mol. The molecule has 2 rings (SSSR count). The third-order valence-electron chi connectivity index (χ3n) is 2.61. The summed E-state index contributed by atoms with van der Waals surface area (Å²) in [5, 5.41) is 13.4. The Kier molecular flexibility index (Phi) is 2.95. The molecule has 1 aromatic carbocycles. The topological polar surface area (TPSA) is 55.1 Å². The summed E-state index contributed by atoms with van der Waals surface area (Å²) in [7, 11) is 0. The summed E-state index contributed by atoms with van der Waals surface area (Å²) in [4.78, 5) is 11.2. The number of rotatable bonds is 3. The highest BCUT2D eigenvalue weighted by Gasteiger charge is 2.16. The van der Waals surface area contributed by atoms with E-state index in [4.69, 9.17) is 5.11 Å². The van der Waals surface area contributed by atoms with Crippen molar-refractivity contribution in [1.82, 2.24) is 9.78 Å². The zero-order chi connectivity index (χ0) is 12.4. The van der Waals surface area contributed by atoms with Crippen molar-refractivity contribution in [2.75, 3.05) is 0 Å². The molecule has 1 heterocycles. The third-order valence-corrected chi connectivity index (χ3v) is 2.61. The molecular weight excluding hydrogens is 216 g/mol. The number of aromatic carboxylic acids is 1. The van der Waals surface area contributed by atoms with Crippen LogP contribution in [0.1, 0.15) is 22.8 Å². The monoisotopic (exact) mass is 230 g/mol. The molecule has 0 spiro atoms. The summed E-state index contributed by atoms with van der Waals surface area (Å²) in [5.41, 5.74) is 2.71. The maximum Gasteiger partial charge on any atom is 0.339 e. The van der Waals surface area contributed by atoms with Crippen molar-refractivity contribution in [3.63, 3.8) is 0 Å². The van der Waals surface area contributed by atoms with Gasteiger partial charge >= 0.3 is 5.97 Å². The summed E-state index contributed by atoms with van der Waals surface area (Å²) >= 11 is 0. The van der Waals surface area contributed by atoms with E-state index < -0.39 is 5.97 Å². The molecule has 0 aliphatic heterocycles. The Morgan fingerprint density at radius 3 is 2.82 bits per heavy atom. The van der Waals surface area contributed by atoms with Crippen molar-refractivity contribution < 1.29 is 9.90 Å². The van der Waals surface area contributed by atoms with Crippen molar-refractivity contribution in [2.24, 2.45) is 0 Å². The highest BCUT2D eigenvalue weighted by molar-refractivity contribution is 5.94. The van der Waals surface area contributed by atoms with Crippen LogP contribution in [0.25, 0.3) is 11.3 Å². The van der Waals surface area contributed by atoms with E-state index in [9.17, 15) is 4.79 Å². The van der Waals surface area contributed by atoms with Crippen molar-refractivity contribution in [3.05, 3.63) is 41.6 Å². The smallest absolute Gasteiger partial charge is 0.339 e. The third kappa shape index (κ3) is 2.20. The van der Waals surface area contributed by atoms with E-state index in [0.29, 0.717) is 12.2 Å². The molecule has 0 radical (unpaired) electrons. The van der Waals surface area contributed by atoms with Crippen LogP contribution in [0, 0.1) is 6.92 Å². The van der Waals surface area contributed by atoms with Gasteiger partial charge in [0.2, 0.25) is 0 Å². The zero-order valence-corrected chi connectivity index (χ0v) is 9.84. The van der Waals surface area contributed by atoms with Crippen LogP contribution >= 0.6 is 0 Å². The Morgan fingerprint density at radius 2 is 2.24 bits per heavy atom. The van der Waals surface area contributed by atoms with Gasteiger partial charge in [-0.3, -0.25) is 4.68 Å². The number of aromatic nitrogens is 2. The standard InChI is InChI=1S/C13H14N2O2/c1-3-15-8-11(13(16)17)12(14-15)10-6-4-5-9(2)7-10/h4-8H,3H2,1-2H3,(H,16,17). The Bertz CT molecular complexity index is 558. The number of carbonyl (C=O) groups is 1. The lowest BCUT2D eigenvalue weighted by Crippen LogP contribution is -1.96. The van der Waals surface area contributed by atoms with Crippen LogP contribution in [0.4, 0.5) is 0 Å². The fourth-order valence-corrected chi connectivity index (χ4v) is 1.75. The van der Waals surface area contributed by atoms with E-state index in [0.717, 1.165) is 11.1 Å². The number of benzene rings is 1. The minimum atomic E-state index is -0.943. The lowest BCUT2D eigenvalue weighted by molar-refractivity contribution is 0.0697. The van der Waals surface area contributed by atoms with E-state index in [-0.39, 0.29) is 5.56 Å². The average Bonchev–Trinajstić information content (AvgIpc) is 2.73. The lowest BCUT2D eigenvalue weighted by atomic mass is 10.1. The molecule has 0 aliphatic carbocycles. The molecule has 1 N–H and O–H groups in total.